The van der Waals surface area contributed by atoms with E-state index in [-0.39, 0.29) is 11.9 Å². The van der Waals surface area contributed by atoms with Gasteiger partial charge in [0.15, 0.2) is 5.65 Å². The van der Waals surface area contributed by atoms with Crippen molar-refractivity contribution in [1.82, 2.24) is 19.7 Å². The minimum Gasteiger partial charge on any atom is -0.492 e. The Morgan fingerprint density at radius 1 is 1.22 bits per heavy atom. The Morgan fingerprint density at radius 3 is 2.59 bits per heavy atom. The minimum absolute atomic E-state index is 0.0543. The molecule has 2 aromatic heterocycles. The van der Waals surface area contributed by atoms with Crippen LogP contribution < -0.4 is 4.74 Å². The van der Waals surface area contributed by atoms with Crippen LogP contribution >= 0.6 is 0 Å². The van der Waals surface area contributed by atoms with E-state index >= 15 is 0 Å². The average molecular weight is 366 g/mol. The highest BCUT2D eigenvalue weighted by molar-refractivity contribution is 6.05. The lowest BCUT2D eigenvalue weighted by Gasteiger charge is -2.18. The van der Waals surface area contributed by atoms with Gasteiger partial charge >= 0.3 is 0 Å². The van der Waals surface area contributed by atoms with E-state index in [4.69, 9.17) is 4.74 Å². The highest BCUT2D eigenvalue weighted by atomic mass is 16.5. The lowest BCUT2D eigenvalue weighted by atomic mass is 10.1. The maximum absolute atomic E-state index is 13.0. The van der Waals surface area contributed by atoms with Crippen LogP contribution in [0.15, 0.2) is 36.5 Å². The smallest absolute Gasteiger partial charge is 0.254 e. The maximum atomic E-state index is 13.0. The fourth-order valence-electron chi connectivity index (χ4n) is 2.94. The maximum Gasteiger partial charge on any atom is 0.254 e. The number of aromatic nitrogens is 3. The van der Waals surface area contributed by atoms with Gasteiger partial charge in [0.1, 0.15) is 12.4 Å². The van der Waals surface area contributed by atoms with Crippen molar-refractivity contribution in [1.29, 1.82) is 0 Å². The number of hydrogen-bond donors (Lipinski definition) is 0. The summed E-state index contributed by atoms with van der Waals surface area (Å²) in [6, 6.07) is 9.90. The van der Waals surface area contributed by atoms with Gasteiger partial charge in [0.05, 0.1) is 23.7 Å². The Kier molecular flexibility index (Phi) is 5.44. The number of rotatable bonds is 6. The molecule has 6 nitrogen and oxygen atoms in total. The zero-order valence-corrected chi connectivity index (χ0v) is 16.6. The van der Waals surface area contributed by atoms with Gasteiger partial charge < -0.3 is 9.64 Å². The molecule has 27 heavy (non-hydrogen) atoms. The summed E-state index contributed by atoms with van der Waals surface area (Å²) in [5.41, 5.74) is 3.37. The lowest BCUT2D eigenvalue weighted by molar-refractivity contribution is 0.0775. The Bertz CT molecular complexity index is 945. The molecule has 0 saturated carbocycles. The second-order valence-corrected chi connectivity index (χ2v) is 7.12. The molecular weight excluding hydrogens is 340 g/mol. The van der Waals surface area contributed by atoms with Crippen LogP contribution in [0.4, 0.5) is 0 Å². The van der Waals surface area contributed by atoms with Gasteiger partial charge in [0, 0.05) is 18.8 Å². The number of benzene rings is 1. The second-order valence-electron chi connectivity index (χ2n) is 7.12. The lowest BCUT2D eigenvalue weighted by Crippen LogP contribution is -2.31. The molecule has 6 heteroatoms. The van der Waals surface area contributed by atoms with Gasteiger partial charge in [-0.25, -0.2) is 9.67 Å². The minimum atomic E-state index is -0.0543. The van der Waals surface area contributed by atoms with Gasteiger partial charge in [-0.2, -0.15) is 5.10 Å². The Balaban J connectivity index is 1.73. The van der Waals surface area contributed by atoms with E-state index in [1.165, 1.54) is 5.56 Å². The molecule has 0 atom stereocenters. The number of nitrogens with zero attached hydrogens (tertiary/aromatic N) is 4. The number of fused-ring (bicyclic) bond motifs is 1. The molecule has 142 valence electrons. The van der Waals surface area contributed by atoms with Crippen LogP contribution in [0.25, 0.3) is 11.0 Å². The first-order valence-corrected chi connectivity index (χ1v) is 9.16. The fourth-order valence-corrected chi connectivity index (χ4v) is 2.94. The normalized spacial score (nSPS) is 11.2. The molecule has 0 aliphatic rings. The standard InChI is InChI=1S/C21H26N4O2/c1-14(2)25-20-19(13-22-25)18(12-16(4)23-20)21(26)24(5)10-11-27-17-8-6-15(3)7-9-17/h6-9,12-14H,10-11H2,1-5H3. The number of carbonyl (C=O) groups is 1. The van der Waals surface area contributed by atoms with Crippen molar-refractivity contribution in [3.8, 4) is 5.75 Å². The van der Waals surface area contributed by atoms with Crippen molar-refractivity contribution in [2.24, 2.45) is 0 Å². The van der Waals surface area contributed by atoms with E-state index in [1.54, 1.807) is 18.1 Å². The van der Waals surface area contributed by atoms with Crippen LogP contribution in [0.1, 0.15) is 41.5 Å². The summed E-state index contributed by atoms with van der Waals surface area (Å²) < 4.78 is 7.59. The van der Waals surface area contributed by atoms with Crippen LogP contribution in [0.5, 0.6) is 5.75 Å². The third-order valence-corrected chi connectivity index (χ3v) is 4.48. The molecule has 2 heterocycles. The fraction of sp³-hybridized carbons (Fsp3) is 0.381. The first-order valence-electron chi connectivity index (χ1n) is 9.16. The first-order chi connectivity index (χ1) is 12.9. The van der Waals surface area contributed by atoms with Crippen LogP contribution in [0.2, 0.25) is 0 Å². The predicted molar refractivity (Wildman–Crippen MR) is 106 cm³/mol. The zero-order chi connectivity index (χ0) is 19.6. The largest absolute Gasteiger partial charge is 0.492 e. The van der Waals surface area contributed by atoms with Gasteiger partial charge in [-0.1, -0.05) is 17.7 Å². The average Bonchev–Trinajstić information content (AvgIpc) is 3.06. The van der Waals surface area contributed by atoms with Gasteiger partial charge in [-0.15, -0.1) is 0 Å². The number of aryl methyl sites for hydroxylation is 2. The summed E-state index contributed by atoms with van der Waals surface area (Å²) in [6.45, 7) is 8.96. The van der Waals surface area contributed by atoms with Crippen LogP contribution in [-0.4, -0.2) is 45.8 Å². The number of hydrogen-bond acceptors (Lipinski definition) is 4. The zero-order valence-electron chi connectivity index (χ0n) is 16.6. The summed E-state index contributed by atoms with van der Waals surface area (Å²) >= 11 is 0. The van der Waals surface area contributed by atoms with Crippen LogP contribution in [-0.2, 0) is 0 Å². The monoisotopic (exact) mass is 366 g/mol. The van der Waals surface area contributed by atoms with E-state index < -0.39 is 0 Å². The molecular formula is C21H26N4O2. The molecule has 3 aromatic rings. The topological polar surface area (TPSA) is 60.2 Å². The third kappa shape index (κ3) is 4.10. The van der Waals surface area contributed by atoms with E-state index in [2.05, 4.69) is 10.1 Å². The Labute approximate surface area is 159 Å². The van der Waals surface area contributed by atoms with Gasteiger partial charge in [0.25, 0.3) is 5.91 Å². The van der Waals surface area contributed by atoms with Crippen molar-refractivity contribution >= 4 is 16.9 Å². The van der Waals surface area contributed by atoms with E-state index in [0.717, 1.165) is 22.5 Å². The Morgan fingerprint density at radius 2 is 1.93 bits per heavy atom. The van der Waals surface area contributed by atoms with Crippen molar-refractivity contribution in [2.45, 2.75) is 33.7 Å². The molecule has 0 aliphatic heterocycles. The molecule has 0 saturated heterocycles. The van der Waals surface area contributed by atoms with Gasteiger partial charge in [0.2, 0.25) is 0 Å². The van der Waals surface area contributed by atoms with E-state index in [9.17, 15) is 4.79 Å². The van der Waals surface area contributed by atoms with E-state index in [1.807, 2.05) is 62.7 Å². The summed E-state index contributed by atoms with van der Waals surface area (Å²) in [5, 5.41) is 5.19. The van der Waals surface area contributed by atoms with Crippen LogP contribution in [0.3, 0.4) is 0 Å². The summed E-state index contributed by atoms with van der Waals surface area (Å²) in [6.07, 6.45) is 1.73. The van der Waals surface area contributed by atoms with Crippen molar-refractivity contribution in [3.63, 3.8) is 0 Å². The number of pyridine rings is 1. The number of carbonyl (C=O) groups excluding carboxylic acids is 1. The molecule has 3 rings (SSSR count). The molecule has 0 aliphatic carbocycles. The number of ether oxygens (including phenoxy) is 1. The SMILES string of the molecule is Cc1ccc(OCCN(C)C(=O)c2cc(C)nc3c2cnn3C(C)C)cc1. The molecule has 0 fully saturated rings. The van der Waals surface area contributed by atoms with Gasteiger partial charge in [-0.3, -0.25) is 4.79 Å². The molecule has 0 radical (unpaired) electrons. The quantitative estimate of drug-likeness (QED) is 0.666. The molecule has 0 N–H and O–H groups in total. The number of likely N-dealkylation sites (N-methyl/N-ethyl adjacent to an activating group) is 1. The molecule has 1 aromatic carbocycles. The first kappa shape index (κ1) is 18.9. The summed E-state index contributed by atoms with van der Waals surface area (Å²) in [5.74, 6) is 0.753. The molecule has 0 spiro atoms. The number of amides is 1. The van der Waals surface area contributed by atoms with Crippen LogP contribution in [0, 0.1) is 13.8 Å². The second kappa shape index (κ2) is 7.78. The van der Waals surface area contributed by atoms with Crippen molar-refractivity contribution in [2.75, 3.05) is 20.2 Å². The predicted octanol–water partition coefficient (Wildman–Crippen LogP) is 3.78. The van der Waals surface area contributed by atoms with Gasteiger partial charge in [-0.05, 0) is 45.9 Å². The Hall–Kier alpha value is -2.89. The highest BCUT2D eigenvalue weighted by Gasteiger charge is 2.19. The van der Waals surface area contributed by atoms with E-state index in [0.29, 0.717) is 18.7 Å². The highest BCUT2D eigenvalue weighted by Crippen LogP contribution is 2.22. The molecule has 1 amide bonds. The molecule has 0 bridgehead atoms. The molecule has 0 unspecified atom stereocenters. The van der Waals surface area contributed by atoms with Crippen molar-refractivity contribution in [3.05, 3.63) is 53.3 Å². The third-order valence-electron chi connectivity index (χ3n) is 4.48. The summed E-state index contributed by atoms with van der Waals surface area (Å²) in [7, 11) is 1.79. The van der Waals surface area contributed by atoms with Crippen molar-refractivity contribution < 1.29 is 9.53 Å². The summed E-state index contributed by atoms with van der Waals surface area (Å²) in [4.78, 5) is 19.2.